The van der Waals surface area contributed by atoms with Gasteiger partial charge >= 0.3 is 0 Å². The van der Waals surface area contributed by atoms with Crippen LogP contribution < -0.4 is 15.4 Å². The third kappa shape index (κ3) is 5.90. The summed E-state index contributed by atoms with van der Waals surface area (Å²) < 4.78 is 6.01. The highest BCUT2D eigenvalue weighted by molar-refractivity contribution is 5.79. The van der Waals surface area contributed by atoms with Gasteiger partial charge in [-0.05, 0) is 64.6 Å². The average Bonchev–Trinajstić information content (AvgIpc) is 3.53. The fourth-order valence-corrected chi connectivity index (χ4v) is 3.23. The molecular weight excluding hydrogens is 324 g/mol. The standard InChI is InChI=1S/C21H34N4O/c1-4-22-21(24-14-19(25(2)3)17-11-12-17)23-13-18-7-5-6-8-20(18)26-15-16-9-10-16/h5-8,16-17,19H,4,9-15H2,1-3H3,(H2,22,23,24). The van der Waals surface area contributed by atoms with E-state index >= 15 is 0 Å². The Balaban J connectivity index is 1.57. The summed E-state index contributed by atoms with van der Waals surface area (Å²) in [5, 5.41) is 6.90. The van der Waals surface area contributed by atoms with Gasteiger partial charge in [0, 0.05) is 24.7 Å². The number of aliphatic imine (C=N–C) groups is 1. The number of para-hydroxylation sites is 1. The molecule has 0 heterocycles. The Morgan fingerprint density at radius 2 is 1.96 bits per heavy atom. The summed E-state index contributed by atoms with van der Waals surface area (Å²) in [7, 11) is 4.34. The summed E-state index contributed by atoms with van der Waals surface area (Å²) in [5.74, 6) is 3.45. The fourth-order valence-electron chi connectivity index (χ4n) is 3.23. The van der Waals surface area contributed by atoms with Crippen LogP contribution in [-0.2, 0) is 6.54 Å². The maximum atomic E-state index is 6.01. The minimum absolute atomic E-state index is 0.577. The van der Waals surface area contributed by atoms with Gasteiger partial charge in [0.05, 0.1) is 13.2 Å². The van der Waals surface area contributed by atoms with Gasteiger partial charge in [0.25, 0.3) is 0 Å². The predicted molar refractivity (Wildman–Crippen MR) is 108 cm³/mol. The SMILES string of the molecule is CCNC(=NCc1ccccc1OCC1CC1)NCC(C1CC1)N(C)C. The second-order valence-corrected chi connectivity index (χ2v) is 7.81. The van der Waals surface area contributed by atoms with Crippen LogP contribution in [0.4, 0.5) is 0 Å². The normalized spacial score (nSPS) is 18.7. The molecule has 1 aromatic rings. The van der Waals surface area contributed by atoms with Gasteiger partial charge in [0.15, 0.2) is 5.96 Å². The molecule has 0 saturated heterocycles. The summed E-state index contributed by atoms with van der Waals surface area (Å²) in [6.45, 7) is 5.37. The zero-order chi connectivity index (χ0) is 18.4. The second kappa shape index (κ2) is 9.26. The van der Waals surface area contributed by atoms with Gasteiger partial charge in [-0.3, -0.25) is 0 Å². The third-order valence-corrected chi connectivity index (χ3v) is 5.20. The van der Waals surface area contributed by atoms with E-state index in [1.54, 1.807) is 0 Å². The highest BCUT2D eigenvalue weighted by Crippen LogP contribution is 2.34. The first-order chi connectivity index (χ1) is 12.7. The lowest BCUT2D eigenvalue weighted by molar-refractivity contribution is 0.264. The van der Waals surface area contributed by atoms with Crippen LogP contribution in [0.5, 0.6) is 5.75 Å². The Hall–Kier alpha value is -1.75. The fraction of sp³-hybridized carbons (Fsp3) is 0.667. The highest BCUT2D eigenvalue weighted by Gasteiger charge is 2.32. The minimum atomic E-state index is 0.577. The first-order valence-corrected chi connectivity index (χ1v) is 10.1. The quantitative estimate of drug-likeness (QED) is 0.499. The Kier molecular flexibility index (Phi) is 6.78. The van der Waals surface area contributed by atoms with Crippen molar-refractivity contribution in [1.29, 1.82) is 0 Å². The van der Waals surface area contributed by atoms with E-state index in [0.29, 0.717) is 12.6 Å². The van der Waals surface area contributed by atoms with Crippen LogP contribution >= 0.6 is 0 Å². The number of ether oxygens (including phenoxy) is 1. The van der Waals surface area contributed by atoms with Crippen LogP contribution in [0.15, 0.2) is 29.3 Å². The van der Waals surface area contributed by atoms with E-state index in [0.717, 1.165) is 48.8 Å². The summed E-state index contributed by atoms with van der Waals surface area (Å²) in [4.78, 5) is 7.12. The number of guanidine groups is 1. The molecule has 2 N–H and O–H groups in total. The molecule has 5 heteroatoms. The molecule has 2 aliphatic carbocycles. The van der Waals surface area contributed by atoms with Crippen molar-refractivity contribution < 1.29 is 4.74 Å². The zero-order valence-electron chi connectivity index (χ0n) is 16.5. The predicted octanol–water partition coefficient (Wildman–Crippen LogP) is 2.87. The molecule has 1 unspecified atom stereocenters. The molecule has 2 fully saturated rings. The first kappa shape index (κ1) is 19.0. The molecular formula is C21H34N4O. The van der Waals surface area contributed by atoms with E-state index < -0.39 is 0 Å². The smallest absolute Gasteiger partial charge is 0.191 e. The van der Waals surface area contributed by atoms with Crippen molar-refractivity contribution in [1.82, 2.24) is 15.5 Å². The second-order valence-electron chi connectivity index (χ2n) is 7.81. The number of nitrogens with zero attached hydrogens (tertiary/aromatic N) is 2. The Labute approximate surface area is 158 Å². The molecule has 0 bridgehead atoms. The van der Waals surface area contributed by atoms with Crippen molar-refractivity contribution in [2.75, 3.05) is 33.8 Å². The van der Waals surface area contributed by atoms with Gasteiger partial charge in [-0.15, -0.1) is 0 Å². The lowest BCUT2D eigenvalue weighted by atomic mass is 10.1. The summed E-state index contributed by atoms with van der Waals surface area (Å²) in [6.07, 6.45) is 5.32. The molecule has 144 valence electrons. The Morgan fingerprint density at radius 1 is 1.19 bits per heavy atom. The minimum Gasteiger partial charge on any atom is -0.493 e. The summed E-state index contributed by atoms with van der Waals surface area (Å²) >= 11 is 0. The number of hydrogen-bond donors (Lipinski definition) is 2. The van der Waals surface area contributed by atoms with Crippen LogP contribution in [0.1, 0.15) is 38.2 Å². The molecule has 1 aromatic carbocycles. The number of hydrogen-bond acceptors (Lipinski definition) is 3. The topological polar surface area (TPSA) is 48.9 Å². The molecule has 2 saturated carbocycles. The van der Waals surface area contributed by atoms with E-state index in [1.807, 2.05) is 6.07 Å². The summed E-state index contributed by atoms with van der Waals surface area (Å²) in [5.41, 5.74) is 1.15. The molecule has 3 rings (SSSR count). The van der Waals surface area contributed by atoms with Crippen LogP contribution in [0.25, 0.3) is 0 Å². The van der Waals surface area contributed by atoms with E-state index in [9.17, 15) is 0 Å². The number of nitrogens with one attached hydrogen (secondary N) is 2. The van der Waals surface area contributed by atoms with Gasteiger partial charge in [0.1, 0.15) is 5.75 Å². The van der Waals surface area contributed by atoms with Crippen LogP contribution in [0.2, 0.25) is 0 Å². The molecule has 0 aromatic heterocycles. The lowest BCUT2D eigenvalue weighted by Crippen LogP contribution is -2.46. The molecule has 0 spiro atoms. The average molecular weight is 359 g/mol. The molecule has 0 radical (unpaired) electrons. The summed E-state index contributed by atoms with van der Waals surface area (Å²) in [6, 6.07) is 8.85. The van der Waals surface area contributed by atoms with Crippen molar-refractivity contribution in [3.63, 3.8) is 0 Å². The molecule has 0 aliphatic heterocycles. The van der Waals surface area contributed by atoms with Gasteiger partial charge in [-0.2, -0.15) is 0 Å². The number of likely N-dealkylation sites (N-methyl/N-ethyl adjacent to an activating group) is 1. The van der Waals surface area contributed by atoms with Crippen molar-refractivity contribution in [3.05, 3.63) is 29.8 Å². The monoisotopic (exact) mass is 358 g/mol. The number of rotatable bonds is 10. The lowest BCUT2D eigenvalue weighted by Gasteiger charge is -2.25. The number of benzene rings is 1. The van der Waals surface area contributed by atoms with E-state index in [2.05, 4.69) is 54.8 Å². The largest absolute Gasteiger partial charge is 0.493 e. The highest BCUT2D eigenvalue weighted by atomic mass is 16.5. The molecule has 2 aliphatic rings. The zero-order valence-corrected chi connectivity index (χ0v) is 16.5. The van der Waals surface area contributed by atoms with E-state index in [1.165, 1.54) is 25.7 Å². The van der Waals surface area contributed by atoms with Gasteiger partial charge in [0.2, 0.25) is 0 Å². The first-order valence-electron chi connectivity index (χ1n) is 10.1. The van der Waals surface area contributed by atoms with Crippen molar-refractivity contribution in [2.24, 2.45) is 16.8 Å². The molecule has 0 amide bonds. The molecule has 1 atom stereocenters. The van der Waals surface area contributed by atoms with Crippen molar-refractivity contribution >= 4 is 5.96 Å². The van der Waals surface area contributed by atoms with Gasteiger partial charge in [-0.1, -0.05) is 18.2 Å². The maximum absolute atomic E-state index is 6.01. The Morgan fingerprint density at radius 3 is 2.62 bits per heavy atom. The van der Waals surface area contributed by atoms with Crippen LogP contribution in [0, 0.1) is 11.8 Å². The van der Waals surface area contributed by atoms with Gasteiger partial charge < -0.3 is 20.3 Å². The van der Waals surface area contributed by atoms with Crippen LogP contribution in [-0.4, -0.2) is 50.7 Å². The maximum Gasteiger partial charge on any atom is 0.191 e. The molecule has 26 heavy (non-hydrogen) atoms. The van der Waals surface area contributed by atoms with Crippen LogP contribution in [0.3, 0.4) is 0 Å². The van der Waals surface area contributed by atoms with E-state index in [-0.39, 0.29) is 0 Å². The van der Waals surface area contributed by atoms with Crippen molar-refractivity contribution in [2.45, 2.75) is 45.2 Å². The van der Waals surface area contributed by atoms with Crippen molar-refractivity contribution in [3.8, 4) is 5.75 Å². The third-order valence-electron chi connectivity index (χ3n) is 5.20. The molecule has 5 nitrogen and oxygen atoms in total. The van der Waals surface area contributed by atoms with E-state index in [4.69, 9.17) is 9.73 Å². The van der Waals surface area contributed by atoms with Gasteiger partial charge in [-0.25, -0.2) is 4.99 Å². The Bertz CT molecular complexity index is 591.